The third-order valence-corrected chi connectivity index (χ3v) is 5.41. The molecule has 0 saturated heterocycles. The lowest BCUT2D eigenvalue weighted by Gasteiger charge is -2.16. The molecule has 0 saturated carbocycles. The van der Waals surface area contributed by atoms with E-state index in [1.54, 1.807) is 31.4 Å². The Morgan fingerprint density at radius 3 is 2.59 bits per heavy atom. The zero-order valence-electron chi connectivity index (χ0n) is 18.5. The monoisotopic (exact) mass is 424 g/mol. The van der Waals surface area contributed by atoms with E-state index in [-0.39, 0.29) is 5.91 Å². The van der Waals surface area contributed by atoms with Gasteiger partial charge in [0.1, 0.15) is 11.5 Å². The Hall–Kier alpha value is -4.05. The van der Waals surface area contributed by atoms with E-state index in [1.165, 1.54) is 0 Å². The number of benzene rings is 1. The number of nitriles is 1. The molecule has 0 bridgehead atoms. The number of H-pyrrole nitrogens is 1. The minimum absolute atomic E-state index is 0.0620. The molecule has 0 atom stereocenters. The maximum Gasteiger partial charge on any atom is 0.269 e. The summed E-state index contributed by atoms with van der Waals surface area (Å²) in [5.41, 5.74) is 4.23. The van der Waals surface area contributed by atoms with E-state index in [9.17, 15) is 10.1 Å². The molecule has 160 valence electrons. The number of rotatable bonds is 5. The summed E-state index contributed by atoms with van der Waals surface area (Å²) in [7, 11) is 3.46. The summed E-state index contributed by atoms with van der Waals surface area (Å²) in [6.45, 7) is 3.76. The SMILES string of the molecule is CN(C)C(=O)c1cc2cc(Cc3nccc(-c4cc(C(C)(C)C#N)ccn4)n3)ccc2[nH]1. The summed E-state index contributed by atoms with van der Waals surface area (Å²) in [6, 6.07) is 15.8. The van der Waals surface area contributed by atoms with Crippen molar-refractivity contribution in [2.75, 3.05) is 14.1 Å². The summed E-state index contributed by atoms with van der Waals surface area (Å²) in [5, 5.41) is 10.4. The van der Waals surface area contributed by atoms with E-state index in [2.05, 4.69) is 21.0 Å². The highest BCUT2D eigenvalue weighted by Gasteiger charge is 2.20. The standard InChI is InChI=1S/C25H24N6O/c1-25(2,15-26)18-7-9-27-21(14-18)20-8-10-28-23(30-20)12-16-5-6-19-17(11-16)13-22(29-19)24(32)31(3)4/h5-11,13-14,29H,12H2,1-4H3. The number of carbonyl (C=O) groups excluding carboxylic acids is 1. The number of hydrogen-bond donors (Lipinski definition) is 1. The first-order valence-electron chi connectivity index (χ1n) is 10.3. The van der Waals surface area contributed by atoms with Gasteiger partial charge >= 0.3 is 0 Å². The van der Waals surface area contributed by atoms with E-state index >= 15 is 0 Å². The lowest BCUT2D eigenvalue weighted by molar-refractivity contribution is 0.0823. The quantitative estimate of drug-likeness (QED) is 0.520. The molecule has 3 aromatic heterocycles. The van der Waals surface area contributed by atoms with Crippen molar-refractivity contribution in [1.29, 1.82) is 5.26 Å². The van der Waals surface area contributed by atoms with Gasteiger partial charge < -0.3 is 9.88 Å². The van der Waals surface area contributed by atoms with Crippen molar-refractivity contribution in [2.45, 2.75) is 25.7 Å². The second kappa shape index (κ2) is 8.23. The maximum atomic E-state index is 12.2. The summed E-state index contributed by atoms with van der Waals surface area (Å²) in [4.78, 5) is 30.5. The third-order valence-electron chi connectivity index (χ3n) is 5.41. The van der Waals surface area contributed by atoms with Gasteiger partial charge in [-0.1, -0.05) is 6.07 Å². The Kier molecular flexibility index (Phi) is 5.45. The Bertz CT molecular complexity index is 1350. The third kappa shape index (κ3) is 4.21. The van der Waals surface area contributed by atoms with Crippen LogP contribution in [0.1, 0.15) is 41.3 Å². The molecule has 7 nitrogen and oxygen atoms in total. The average Bonchev–Trinajstić information content (AvgIpc) is 3.22. The first-order valence-corrected chi connectivity index (χ1v) is 10.3. The van der Waals surface area contributed by atoms with Crippen LogP contribution >= 0.6 is 0 Å². The minimum atomic E-state index is -0.605. The van der Waals surface area contributed by atoms with Crippen LogP contribution in [0.5, 0.6) is 0 Å². The Balaban J connectivity index is 1.61. The molecule has 0 aliphatic carbocycles. The van der Waals surface area contributed by atoms with Gasteiger partial charge in [0.05, 0.1) is 22.9 Å². The molecule has 4 aromatic rings. The number of fused-ring (bicyclic) bond motifs is 1. The second-order valence-corrected chi connectivity index (χ2v) is 8.51. The normalized spacial score (nSPS) is 11.3. The molecule has 0 unspecified atom stereocenters. The van der Waals surface area contributed by atoms with Gasteiger partial charge in [0, 0.05) is 43.8 Å². The van der Waals surface area contributed by atoms with Gasteiger partial charge in [0.2, 0.25) is 0 Å². The van der Waals surface area contributed by atoms with Crippen LogP contribution in [0.15, 0.2) is 54.9 Å². The fourth-order valence-electron chi connectivity index (χ4n) is 3.48. The molecule has 1 amide bonds. The Labute approximate surface area is 186 Å². The molecule has 32 heavy (non-hydrogen) atoms. The van der Waals surface area contributed by atoms with Crippen LogP contribution in [0, 0.1) is 11.3 Å². The van der Waals surface area contributed by atoms with Gasteiger partial charge in [-0.25, -0.2) is 9.97 Å². The topological polar surface area (TPSA) is 98.6 Å². The highest BCUT2D eigenvalue weighted by molar-refractivity contribution is 5.97. The van der Waals surface area contributed by atoms with Crippen LogP contribution in [0.3, 0.4) is 0 Å². The lowest BCUT2D eigenvalue weighted by atomic mass is 9.86. The number of hydrogen-bond acceptors (Lipinski definition) is 5. The zero-order chi connectivity index (χ0) is 22.9. The van der Waals surface area contributed by atoms with Crippen LogP contribution in [-0.4, -0.2) is 44.8 Å². The Morgan fingerprint density at radius 1 is 1.06 bits per heavy atom. The number of aromatic amines is 1. The largest absolute Gasteiger partial charge is 0.351 e. The van der Waals surface area contributed by atoms with Gasteiger partial charge in [0.15, 0.2) is 0 Å². The number of nitrogens with zero attached hydrogens (tertiary/aromatic N) is 5. The van der Waals surface area contributed by atoms with E-state index in [0.29, 0.717) is 29.3 Å². The van der Waals surface area contributed by atoms with E-state index in [4.69, 9.17) is 4.98 Å². The summed E-state index contributed by atoms with van der Waals surface area (Å²) in [5.74, 6) is 0.613. The van der Waals surface area contributed by atoms with Gasteiger partial charge in [-0.05, 0) is 61.4 Å². The highest BCUT2D eigenvalue weighted by Crippen LogP contribution is 2.25. The molecule has 7 heteroatoms. The van der Waals surface area contributed by atoms with Gasteiger partial charge in [-0.15, -0.1) is 0 Å². The summed E-state index contributed by atoms with van der Waals surface area (Å²) < 4.78 is 0. The van der Waals surface area contributed by atoms with Crippen molar-refractivity contribution in [2.24, 2.45) is 0 Å². The lowest BCUT2D eigenvalue weighted by Crippen LogP contribution is -2.21. The molecular weight excluding hydrogens is 400 g/mol. The van der Waals surface area contributed by atoms with Crippen molar-refractivity contribution >= 4 is 16.8 Å². The molecule has 1 aromatic carbocycles. The van der Waals surface area contributed by atoms with Crippen LogP contribution in [0.2, 0.25) is 0 Å². The van der Waals surface area contributed by atoms with Crippen LogP contribution in [0.25, 0.3) is 22.3 Å². The minimum Gasteiger partial charge on any atom is -0.351 e. The average molecular weight is 425 g/mol. The predicted molar refractivity (Wildman–Crippen MR) is 123 cm³/mol. The number of nitrogens with one attached hydrogen (secondary N) is 1. The molecular formula is C25H24N6O. The smallest absolute Gasteiger partial charge is 0.269 e. The van der Waals surface area contributed by atoms with Gasteiger partial charge in [-0.2, -0.15) is 5.26 Å². The van der Waals surface area contributed by atoms with Crippen molar-refractivity contribution in [3.05, 3.63) is 77.5 Å². The van der Waals surface area contributed by atoms with Gasteiger partial charge in [0.25, 0.3) is 5.91 Å². The van der Waals surface area contributed by atoms with Gasteiger partial charge in [-0.3, -0.25) is 9.78 Å². The molecule has 0 aliphatic rings. The number of aromatic nitrogens is 4. The fourth-order valence-corrected chi connectivity index (χ4v) is 3.48. The van der Waals surface area contributed by atoms with Crippen molar-refractivity contribution < 1.29 is 4.79 Å². The first kappa shape index (κ1) is 21.2. The molecule has 3 heterocycles. The molecule has 0 spiro atoms. The maximum absolute atomic E-state index is 12.2. The highest BCUT2D eigenvalue weighted by atomic mass is 16.2. The van der Waals surface area contributed by atoms with Crippen LogP contribution in [-0.2, 0) is 11.8 Å². The number of carbonyl (C=O) groups is 1. The zero-order valence-corrected chi connectivity index (χ0v) is 18.5. The van der Waals surface area contributed by atoms with E-state index < -0.39 is 5.41 Å². The Morgan fingerprint density at radius 2 is 1.84 bits per heavy atom. The molecule has 0 radical (unpaired) electrons. The van der Waals surface area contributed by atoms with Crippen molar-refractivity contribution in [3.63, 3.8) is 0 Å². The summed E-state index contributed by atoms with van der Waals surface area (Å²) >= 11 is 0. The summed E-state index contributed by atoms with van der Waals surface area (Å²) in [6.07, 6.45) is 3.98. The number of pyridine rings is 1. The van der Waals surface area contributed by atoms with Crippen molar-refractivity contribution in [3.8, 4) is 17.5 Å². The fraction of sp³-hybridized carbons (Fsp3) is 0.240. The van der Waals surface area contributed by atoms with E-state index in [0.717, 1.165) is 22.0 Å². The molecule has 0 fully saturated rings. The molecule has 1 N–H and O–H groups in total. The second-order valence-electron chi connectivity index (χ2n) is 8.51. The number of amides is 1. The first-order chi connectivity index (χ1) is 15.3. The predicted octanol–water partition coefficient (Wildman–Crippen LogP) is 4.11. The molecule has 4 rings (SSSR count). The van der Waals surface area contributed by atoms with Crippen molar-refractivity contribution in [1.82, 2.24) is 24.8 Å². The van der Waals surface area contributed by atoms with Crippen LogP contribution in [0.4, 0.5) is 0 Å². The van der Waals surface area contributed by atoms with Crippen LogP contribution < -0.4 is 0 Å². The molecule has 0 aliphatic heterocycles. The van der Waals surface area contributed by atoms with E-state index in [1.807, 2.05) is 56.3 Å².